The van der Waals surface area contributed by atoms with Crippen molar-refractivity contribution in [2.24, 2.45) is 5.92 Å². The standard InChI is InChI=1S/C15H23N3S/c1-11-3-2-4-14(7-11)19-15-17-9-12(10-18-15)8-16-13-5-6-13/h9-11,13-14,16H,2-8H2,1H3. The SMILES string of the molecule is CC1CCCC(Sc2ncc(CNC3CC3)cn2)C1. The highest BCUT2D eigenvalue weighted by Crippen LogP contribution is 2.34. The number of nitrogens with zero attached hydrogens (tertiary/aromatic N) is 2. The van der Waals surface area contributed by atoms with E-state index in [1.807, 2.05) is 24.2 Å². The first-order valence-corrected chi connectivity index (χ1v) is 8.38. The number of rotatable bonds is 5. The number of hydrogen-bond acceptors (Lipinski definition) is 4. The predicted molar refractivity (Wildman–Crippen MR) is 79.2 cm³/mol. The topological polar surface area (TPSA) is 37.8 Å². The lowest BCUT2D eigenvalue weighted by atomic mass is 9.91. The van der Waals surface area contributed by atoms with Crippen LogP contribution in [0.15, 0.2) is 17.6 Å². The second kappa shape index (κ2) is 6.23. The third kappa shape index (κ3) is 4.18. The van der Waals surface area contributed by atoms with Gasteiger partial charge < -0.3 is 5.32 Å². The van der Waals surface area contributed by atoms with Gasteiger partial charge in [-0.2, -0.15) is 0 Å². The second-order valence-corrected chi connectivity index (χ2v) is 7.31. The Bertz CT molecular complexity index is 402. The Morgan fingerprint density at radius 3 is 2.68 bits per heavy atom. The summed E-state index contributed by atoms with van der Waals surface area (Å²) in [5, 5.41) is 5.17. The first-order chi connectivity index (χ1) is 9.29. The molecule has 2 atom stereocenters. The van der Waals surface area contributed by atoms with Crippen molar-refractivity contribution in [2.75, 3.05) is 0 Å². The molecule has 0 amide bonds. The van der Waals surface area contributed by atoms with Gasteiger partial charge in [0.05, 0.1) is 0 Å². The third-order valence-electron chi connectivity index (χ3n) is 4.01. The molecule has 19 heavy (non-hydrogen) atoms. The van der Waals surface area contributed by atoms with Crippen LogP contribution in [-0.4, -0.2) is 21.3 Å². The van der Waals surface area contributed by atoms with Crippen LogP contribution in [0, 0.1) is 5.92 Å². The zero-order chi connectivity index (χ0) is 13.1. The van der Waals surface area contributed by atoms with Gasteiger partial charge in [0.25, 0.3) is 0 Å². The lowest BCUT2D eigenvalue weighted by Crippen LogP contribution is -2.16. The molecule has 0 radical (unpaired) electrons. The predicted octanol–water partition coefficient (Wildman–Crippen LogP) is 3.40. The molecule has 0 spiro atoms. The first-order valence-electron chi connectivity index (χ1n) is 7.50. The molecular weight excluding hydrogens is 254 g/mol. The summed E-state index contributed by atoms with van der Waals surface area (Å²) in [6.45, 7) is 3.27. The lowest BCUT2D eigenvalue weighted by Gasteiger charge is -2.25. The summed E-state index contributed by atoms with van der Waals surface area (Å²) in [4.78, 5) is 9.02. The highest BCUT2D eigenvalue weighted by atomic mass is 32.2. The molecule has 0 aromatic carbocycles. The van der Waals surface area contributed by atoms with Crippen LogP contribution >= 0.6 is 11.8 Å². The molecule has 2 aliphatic carbocycles. The lowest BCUT2D eigenvalue weighted by molar-refractivity contribution is 0.394. The van der Waals surface area contributed by atoms with E-state index in [2.05, 4.69) is 22.2 Å². The minimum atomic E-state index is 0.721. The van der Waals surface area contributed by atoms with Gasteiger partial charge in [-0.05, 0) is 31.6 Å². The average Bonchev–Trinajstić information content (AvgIpc) is 3.22. The molecule has 2 aliphatic rings. The maximum Gasteiger partial charge on any atom is 0.187 e. The Labute approximate surface area is 120 Å². The molecule has 0 bridgehead atoms. The minimum absolute atomic E-state index is 0.721. The van der Waals surface area contributed by atoms with Gasteiger partial charge in [-0.1, -0.05) is 31.5 Å². The summed E-state index contributed by atoms with van der Waals surface area (Å²) >= 11 is 1.87. The van der Waals surface area contributed by atoms with Crippen molar-refractivity contribution in [1.82, 2.24) is 15.3 Å². The van der Waals surface area contributed by atoms with E-state index in [4.69, 9.17) is 0 Å². The number of nitrogens with one attached hydrogen (secondary N) is 1. The van der Waals surface area contributed by atoms with Gasteiger partial charge in [0.15, 0.2) is 5.16 Å². The Hall–Kier alpha value is -0.610. The molecule has 2 fully saturated rings. The minimum Gasteiger partial charge on any atom is -0.310 e. The largest absolute Gasteiger partial charge is 0.310 e. The van der Waals surface area contributed by atoms with Crippen molar-refractivity contribution >= 4 is 11.8 Å². The smallest absolute Gasteiger partial charge is 0.187 e. The molecule has 0 aliphatic heterocycles. The average molecular weight is 277 g/mol. The number of aromatic nitrogens is 2. The summed E-state index contributed by atoms with van der Waals surface area (Å²) in [5.74, 6) is 0.869. The van der Waals surface area contributed by atoms with Crippen molar-refractivity contribution in [3.8, 4) is 0 Å². The summed E-state index contributed by atoms with van der Waals surface area (Å²) in [7, 11) is 0. The fraction of sp³-hybridized carbons (Fsp3) is 0.733. The zero-order valence-corrected chi connectivity index (χ0v) is 12.5. The van der Waals surface area contributed by atoms with Crippen molar-refractivity contribution < 1.29 is 0 Å². The second-order valence-electron chi connectivity index (χ2n) is 6.04. The Kier molecular flexibility index (Phi) is 4.38. The van der Waals surface area contributed by atoms with Gasteiger partial charge in [0, 0.05) is 35.8 Å². The van der Waals surface area contributed by atoms with Crippen LogP contribution in [0.2, 0.25) is 0 Å². The van der Waals surface area contributed by atoms with Crippen LogP contribution in [-0.2, 0) is 6.54 Å². The fourth-order valence-corrected chi connectivity index (χ4v) is 3.91. The van der Waals surface area contributed by atoms with Gasteiger partial charge in [-0.25, -0.2) is 9.97 Å². The van der Waals surface area contributed by atoms with Crippen LogP contribution < -0.4 is 5.32 Å². The molecule has 1 heterocycles. The number of thioether (sulfide) groups is 1. The fourth-order valence-electron chi connectivity index (χ4n) is 2.68. The van der Waals surface area contributed by atoms with E-state index in [0.29, 0.717) is 0 Å². The van der Waals surface area contributed by atoms with E-state index < -0.39 is 0 Å². The molecule has 104 valence electrons. The molecule has 1 aromatic heterocycles. The monoisotopic (exact) mass is 277 g/mol. The molecule has 3 nitrogen and oxygen atoms in total. The molecule has 1 N–H and O–H groups in total. The Morgan fingerprint density at radius 1 is 1.21 bits per heavy atom. The highest BCUT2D eigenvalue weighted by Gasteiger charge is 2.21. The van der Waals surface area contributed by atoms with Gasteiger partial charge in [-0.3, -0.25) is 0 Å². The molecule has 2 saturated carbocycles. The molecule has 1 aromatic rings. The summed E-state index contributed by atoms with van der Waals surface area (Å²) in [6, 6.07) is 0.748. The van der Waals surface area contributed by atoms with Crippen LogP contribution in [0.1, 0.15) is 51.0 Å². The molecular formula is C15H23N3S. The third-order valence-corrected chi connectivity index (χ3v) is 5.20. The highest BCUT2D eigenvalue weighted by molar-refractivity contribution is 7.99. The summed E-state index contributed by atoms with van der Waals surface area (Å²) in [5.41, 5.74) is 1.20. The molecule has 3 rings (SSSR count). The van der Waals surface area contributed by atoms with Crippen LogP contribution in [0.25, 0.3) is 0 Å². The van der Waals surface area contributed by atoms with E-state index >= 15 is 0 Å². The van der Waals surface area contributed by atoms with Gasteiger partial charge >= 0.3 is 0 Å². The van der Waals surface area contributed by atoms with E-state index in [1.165, 1.54) is 44.1 Å². The van der Waals surface area contributed by atoms with E-state index in [0.717, 1.165) is 28.9 Å². The van der Waals surface area contributed by atoms with Gasteiger partial charge in [0.1, 0.15) is 0 Å². The van der Waals surface area contributed by atoms with Gasteiger partial charge in [-0.15, -0.1) is 0 Å². The van der Waals surface area contributed by atoms with Gasteiger partial charge in [0.2, 0.25) is 0 Å². The van der Waals surface area contributed by atoms with Crippen molar-refractivity contribution in [2.45, 2.75) is 68.4 Å². The van der Waals surface area contributed by atoms with Crippen LogP contribution in [0.4, 0.5) is 0 Å². The van der Waals surface area contributed by atoms with Crippen molar-refractivity contribution in [1.29, 1.82) is 0 Å². The van der Waals surface area contributed by atoms with E-state index in [-0.39, 0.29) is 0 Å². The Morgan fingerprint density at radius 2 is 2.00 bits per heavy atom. The van der Waals surface area contributed by atoms with Crippen molar-refractivity contribution in [3.63, 3.8) is 0 Å². The maximum absolute atomic E-state index is 4.51. The van der Waals surface area contributed by atoms with Crippen molar-refractivity contribution in [3.05, 3.63) is 18.0 Å². The number of hydrogen-bond donors (Lipinski definition) is 1. The molecule has 4 heteroatoms. The maximum atomic E-state index is 4.51. The van der Waals surface area contributed by atoms with Crippen LogP contribution in [0.3, 0.4) is 0 Å². The van der Waals surface area contributed by atoms with E-state index in [9.17, 15) is 0 Å². The first kappa shape index (κ1) is 13.4. The Balaban J connectivity index is 1.50. The molecule has 0 saturated heterocycles. The van der Waals surface area contributed by atoms with E-state index in [1.54, 1.807) is 0 Å². The quantitative estimate of drug-likeness (QED) is 0.837. The summed E-state index contributed by atoms with van der Waals surface area (Å²) in [6.07, 6.45) is 12.0. The zero-order valence-electron chi connectivity index (χ0n) is 11.6. The van der Waals surface area contributed by atoms with Crippen LogP contribution in [0.5, 0.6) is 0 Å². The molecule has 2 unspecified atom stereocenters. The normalized spacial score (nSPS) is 27.4. The summed E-state index contributed by atoms with van der Waals surface area (Å²) < 4.78 is 0.